The molecule has 0 aromatic heterocycles. The maximum Gasteiger partial charge on any atom is 0.408 e. The number of carbonyl (C=O) groups is 3. The quantitative estimate of drug-likeness (QED) is 0.0835. The van der Waals surface area contributed by atoms with Crippen LogP contribution in [-0.2, 0) is 31.9 Å². The van der Waals surface area contributed by atoms with Crippen LogP contribution in [0.25, 0.3) is 0 Å². The predicted octanol–water partition coefficient (Wildman–Crippen LogP) is 8.04. The molecule has 2 atom stereocenters. The number of esters is 1. The number of nitrogens with one attached hydrogen (secondary N) is 1. The average molecular weight is 812 g/mol. The van der Waals surface area contributed by atoms with Crippen LogP contribution in [0, 0.1) is 0 Å². The van der Waals surface area contributed by atoms with E-state index in [9.17, 15) is 14.4 Å². The van der Waals surface area contributed by atoms with Crippen molar-refractivity contribution in [2.75, 3.05) is 13.7 Å². The SMILES string of the molecule is CN(C(=O)[C@H](Cc1ccccc1)NC(=O)OC(C)(C)C)[C@@H](Cc1ccc(O[Si](c2ccccc2)(c2ccccc2)C(C)(C)C)cc1)C(=O)OCC(Cl)(Cl)Cl. The second kappa shape index (κ2) is 18.1. The van der Waals surface area contributed by atoms with Crippen molar-refractivity contribution >= 4 is 71.5 Å². The Hall–Kier alpha value is -4.02. The summed E-state index contributed by atoms with van der Waals surface area (Å²) in [6.07, 6.45) is -0.560. The molecule has 4 rings (SSSR count). The molecule has 8 nitrogen and oxygen atoms in total. The van der Waals surface area contributed by atoms with Gasteiger partial charge in [0.2, 0.25) is 9.70 Å². The number of alkyl halides is 3. The molecule has 0 aliphatic carbocycles. The predicted molar refractivity (Wildman–Crippen MR) is 220 cm³/mol. The standard InChI is InChI=1S/C42H49Cl3N2O6Si/c1-40(2,3)52-39(50)46-35(27-30-17-11-8-12-18-30)37(48)47(7)36(38(49)51-29-42(43,44)45)28-31-23-25-32(26-24-31)53-54(41(4,5)6,33-19-13-9-14-20-33)34-21-15-10-16-22-34/h8-26,35-36H,27-29H2,1-7H3,(H,46,50)/t35-,36-/m0/s1. The molecular formula is C42H49Cl3N2O6Si. The first-order valence-corrected chi connectivity index (χ1v) is 20.8. The van der Waals surface area contributed by atoms with E-state index in [0.717, 1.165) is 21.5 Å². The van der Waals surface area contributed by atoms with Crippen LogP contribution in [-0.4, -0.2) is 66.3 Å². The van der Waals surface area contributed by atoms with Crippen molar-refractivity contribution in [1.29, 1.82) is 0 Å². The highest BCUT2D eigenvalue weighted by Crippen LogP contribution is 2.37. The van der Waals surface area contributed by atoms with Gasteiger partial charge in [0, 0.05) is 19.9 Å². The van der Waals surface area contributed by atoms with Gasteiger partial charge in [0.1, 0.15) is 30.0 Å². The molecule has 0 aliphatic heterocycles. The van der Waals surface area contributed by atoms with Gasteiger partial charge in [-0.3, -0.25) is 4.79 Å². The summed E-state index contributed by atoms with van der Waals surface area (Å²) in [5.74, 6) is -0.648. The summed E-state index contributed by atoms with van der Waals surface area (Å²) in [5, 5.41) is 4.72. The number of halogens is 3. The van der Waals surface area contributed by atoms with Gasteiger partial charge in [-0.25, -0.2) is 9.59 Å². The molecule has 288 valence electrons. The summed E-state index contributed by atoms with van der Waals surface area (Å²) in [6, 6.07) is 35.1. The van der Waals surface area contributed by atoms with Gasteiger partial charge in [-0.05, 0) is 59.4 Å². The second-order valence-corrected chi connectivity index (χ2v) is 21.9. The molecule has 0 radical (unpaired) electrons. The number of rotatable bonds is 13. The number of likely N-dealkylation sites (N-methyl/N-ethyl adjacent to an activating group) is 1. The first-order valence-electron chi connectivity index (χ1n) is 17.7. The van der Waals surface area contributed by atoms with Crippen LogP contribution in [0.15, 0.2) is 115 Å². The molecule has 12 heteroatoms. The Morgan fingerprint density at radius 2 is 1.19 bits per heavy atom. The summed E-state index contributed by atoms with van der Waals surface area (Å²) in [5.41, 5.74) is 0.722. The van der Waals surface area contributed by atoms with E-state index in [0.29, 0.717) is 5.75 Å². The first kappa shape index (κ1) is 42.7. The van der Waals surface area contributed by atoms with Crippen LogP contribution in [0.1, 0.15) is 52.7 Å². The summed E-state index contributed by atoms with van der Waals surface area (Å²) in [7, 11) is -1.42. The largest absolute Gasteiger partial charge is 0.534 e. The lowest BCUT2D eigenvalue weighted by molar-refractivity contribution is -0.154. The Bertz CT molecular complexity index is 1790. The van der Waals surface area contributed by atoms with Gasteiger partial charge < -0.3 is 24.1 Å². The van der Waals surface area contributed by atoms with E-state index in [-0.39, 0.29) is 17.9 Å². The number of nitrogens with zero attached hydrogens (tertiary/aromatic N) is 1. The zero-order chi connectivity index (χ0) is 39.7. The third-order valence-electron chi connectivity index (χ3n) is 8.78. The van der Waals surface area contributed by atoms with Gasteiger partial charge in [-0.1, -0.05) is 159 Å². The molecule has 0 heterocycles. The number of carbonyl (C=O) groups excluding carboxylic acids is 3. The topological polar surface area (TPSA) is 94.2 Å². The van der Waals surface area contributed by atoms with Gasteiger partial charge in [0.15, 0.2) is 0 Å². The third kappa shape index (κ3) is 11.7. The summed E-state index contributed by atoms with van der Waals surface area (Å²) in [6.45, 7) is 11.3. The summed E-state index contributed by atoms with van der Waals surface area (Å²) >= 11 is 17.8. The van der Waals surface area contributed by atoms with Crippen LogP contribution in [0.3, 0.4) is 0 Å². The molecule has 4 aromatic carbocycles. The number of hydrogen-bond donors (Lipinski definition) is 1. The Labute approximate surface area is 335 Å². The van der Waals surface area contributed by atoms with Crippen LogP contribution >= 0.6 is 34.8 Å². The number of alkyl carbamates (subject to hydrolysis) is 1. The lowest BCUT2D eigenvalue weighted by Gasteiger charge is -2.43. The number of benzene rings is 4. The summed E-state index contributed by atoms with van der Waals surface area (Å²) in [4.78, 5) is 42.1. The zero-order valence-electron chi connectivity index (χ0n) is 31.8. The maximum atomic E-state index is 14.2. The van der Waals surface area contributed by atoms with E-state index in [1.54, 1.807) is 20.8 Å². The molecule has 0 fully saturated rings. The number of ether oxygens (including phenoxy) is 2. The molecule has 0 saturated heterocycles. The minimum Gasteiger partial charge on any atom is -0.534 e. The van der Waals surface area contributed by atoms with Crippen LogP contribution in [0.2, 0.25) is 5.04 Å². The minimum atomic E-state index is -2.90. The fourth-order valence-corrected chi connectivity index (χ4v) is 10.9. The Kier molecular flexibility index (Phi) is 14.3. The number of hydrogen-bond acceptors (Lipinski definition) is 6. The van der Waals surface area contributed by atoms with E-state index >= 15 is 0 Å². The van der Waals surface area contributed by atoms with Crippen molar-refractivity contribution in [2.45, 2.75) is 80.9 Å². The van der Waals surface area contributed by atoms with Crippen molar-refractivity contribution in [3.8, 4) is 5.75 Å². The van der Waals surface area contributed by atoms with Gasteiger partial charge in [0.25, 0.3) is 0 Å². The van der Waals surface area contributed by atoms with Crippen molar-refractivity contribution in [2.24, 2.45) is 0 Å². The lowest BCUT2D eigenvalue weighted by Crippen LogP contribution is -2.68. The van der Waals surface area contributed by atoms with Gasteiger partial charge in [-0.2, -0.15) is 0 Å². The molecular weight excluding hydrogens is 763 g/mol. The van der Waals surface area contributed by atoms with E-state index in [4.69, 9.17) is 48.7 Å². The van der Waals surface area contributed by atoms with Crippen LogP contribution in [0.4, 0.5) is 4.79 Å². The monoisotopic (exact) mass is 810 g/mol. The van der Waals surface area contributed by atoms with E-state index in [1.807, 2.05) is 91.0 Å². The lowest BCUT2D eigenvalue weighted by atomic mass is 10.0. The van der Waals surface area contributed by atoms with Crippen molar-refractivity contribution in [3.05, 3.63) is 126 Å². The molecule has 0 saturated carbocycles. The fourth-order valence-electron chi connectivity index (χ4n) is 6.27. The summed E-state index contributed by atoms with van der Waals surface area (Å²) < 4.78 is 16.2. The maximum absolute atomic E-state index is 14.2. The molecule has 0 bridgehead atoms. The average Bonchev–Trinajstić information content (AvgIpc) is 3.11. The fraction of sp³-hybridized carbons (Fsp3) is 0.357. The van der Waals surface area contributed by atoms with Gasteiger partial charge in [-0.15, -0.1) is 0 Å². The van der Waals surface area contributed by atoms with Crippen molar-refractivity contribution in [1.82, 2.24) is 10.2 Å². The number of amides is 2. The molecule has 1 N–H and O–H groups in total. The molecule has 4 aromatic rings. The van der Waals surface area contributed by atoms with Crippen LogP contribution in [0.5, 0.6) is 5.75 Å². The molecule has 0 aliphatic rings. The highest BCUT2D eigenvalue weighted by atomic mass is 35.6. The zero-order valence-corrected chi connectivity index (χ0v) is 35.0. The van der Waals surface area contributed by atoms with Gasteiger partial charge in [0.05, 0.1) is 0 Å². The van der Waals surface area contributed by atoms with Crippen molar-refractivity contribution in [3.63, 3.8) is 0 Å². The van der Waals surface area contributed by atoms with E-state index in [2.05, 4.69) is 50.4 Å². The van der Waals surface area contributed by atoms with Gasteiger partial charge >= 0.3 is 20.4 Å². The Morgan fingerprint density at radius 1 is 0.704 bits per heavy atom. The first-order chi connectivity index (χ1) is 25.3. The molecule has 0 unspecified atom stereocenters. The smallest absolute Gasteiger partial charge is 0.408 e. The highest BCUT2D eigenvalue weighted by Gasteiger charge is 2.52. The second-order valence-electron chi connectivity index (χ2n) is 15.2. The third-order valence-corrected chi connectivity index (χ3v) is 14.1. The Morgan fingerprint density at radius 3 is 1.65 bits per heavy atom. The highest BCUT2D eigenvalue weighted by molar-refractivity contribution is 7.00. The van der Waals surface area contributed by atoms with E-state index in [1.165, 1.54) is 11.9 Å². The molecule has 54 heavy (non-hydrogen) atoms. The van der Waals surface area contributed by atoms with Crippen molar-refractivity contribution < 1.29 is 28.3 Å². The van der Waals surface area contributed by atoms with E-state index < -0.39 is 54.4 Å². The minimum absolute atomic E-state index is 0.0604. The molecule has 2 amide bonds. The molecule has 0 spiro atoms. The Balaban J connectivity index is 1.66. The van der Waals surface area contributed by atoms with Crippen LogP contribution < -0.4 is 20.1 Å². The normalized spacial score (nSPS) is 13.3.